The van der Waals surface area contributed by atoms with Gasteiger partial charge in [0.1, 0.15) is 11.8 Å². The number of aryl methyl sites for hydroxylation is 2. The third-order valence-corrected chi connectivity index (χ3v) is 4.90. The van der Waals surface area contributed by atoms with E-state index in [1.807, 2.05) is 26.0 Å². The van der Waals surface area contributed by atoms with Crippen molar-refractivity contribution in [2.24, 2.45) is 0 Å². The number of carbonyl (C=O) groups excluding carboxylic acids is 2. The predicted molar refractivity (Wildman–Crippen MR) is 102 cm³/mol. The molecule has 2 amide bonds. The summed E-state index contributed by atoms with van der Waals surface area (Å²) in [5.41, 5.74) is 3.72. The minimum atomic E-state index is -0.501. The number of carbonyl (C=O) groups is 2. The number of amides is 2. The Kier molecular flexibility index (Phi) is 4.98. The van der Waals surface area contributed by atoms with E-state index in [1.54, 1.807) is 48.1 Å². The monoisotopic (exact) mass is 352 g/mol. The van der Waals surface area contributed by atoms with E-state index in [9.17, 15) is 9.59 Å². The van der Waals surface area contributed by atoms with Crippen molar-refractivity contribution in [2.75, 3.05) is 25.1 Å². The first-order chi connectivity index (χ1) is 12.4. The van der Waals surface area contributed by atoms with Crippen LogP contribution in [0, 0.1) is 13.8 Å². The molecule has 1 aliphatic heterocycles. The van der Waals surface area contributed by atoms with E-state index in [4.69, 9.17) is 4.74 Å². The fourth-order valence-electron chi connectivity index (χ4n) is 3.39. The van der Waals surface area contributed by atoms with Crippen molar-refractivity contribution >= 4 is 17.5 Å². The molecule has 0 spiro atoms. The first-order valence-corrected chi connectivity index (χ1v) is 8.76. The van der Waals surface area contributed by atoms with Crippen molar-refractivity contribution < 1.29 is 14.3 Å². The lowest BCUT2D eigenvalue weighted by Gasteiger charge is -2.39. The van der Waals surface area contributed by atoms with Crippen LogP contribution in [0.25, 0.3) is 0 Å². The SMILES string of the molecule is COc1ccc(C(=O)N2CCN(c3ccc(C)cc3C)C(=O)[C@@H]2C)cc1. The highest BCUT2D eigenvalue weighted by atomic mass is 16.5. The molecular formula is C21H24N2O3. The number of methoxy groups -OCH3 is 1. The van der Waals surface area contributed by atoms with E-state index in [-0.39, 0.29) is 11.8 Å². The number of benzene rings is 2. The number of anilines is 1. The molecule has 0 aliphatic carbocycles. The zero-order valence-corrected chi connectivity index (χ0v) is 15.7. The van der Waals surface area contributed by atoms with Crippen LogP contribution >= 0.6 is 0 Å². The van der Waals surface area contributed by atoms with Gasteiger partial charge in [-0.15, -0.1) is 0 Å². The van der Waals surface area contributed by atoms with E-state index in [1.165, 1.54) is 5.56 Å². The average molecular weight is 352 g/mol. The van der Waals surface area contributed by atoms with Gasteiger partial charge in [-0.1, -0.05) is 17.7 Å². The van der Waals surface area contributed by atoms with E-state index in [0.29, 0.717) is 24.4 Å². The molecule has 2 aromatic carbocycles. The molecule has 5 heteroatoms. The summed E-state index contributed by atoms with van der Waals surface area (Å²) in [6, 6.07) is 12.5. The van der Waals surface area contributed by atoms with E-state index >= 15 is 0 Å². The summed E-state index contributed by atoms with van der Waals surface area (Å²) in [6.45, 7) is 6.83. The minimum absolute atomic E-state index is 0.0509. The van der Waals surface area contributed by atoms with Gasteiger partial charge in [-0.25, -0.2) is 0 Å². The van der Waals surface area contributed by atoms with Gasteiger partial charge in [-0.2, -0.15) is 0 Å². The molecule has 0 radical (unpaired) electrons. The highest BCUT2D eigenvalue weighted by Crippen LogP contribution is 2.26. The van der Waals surface area contributed by atoms with Crippen LogP contribution in [-0.2, 0) is 4.79 Å². The van der Waals surface area contributed by atoms with Crippen LogP contribution in [0.15, 0.2) is 42.5 Å². The Bertz CT molecular complexity index is 830. The van der Waals surface area contributed by atoms with Crippen LogP contribution in [0.1, 0.15) is 28.4 Å². The maximum Gasteiger partial charge on any atom is 0.254 e. The molecule has 0 unspecified atom stereocenters. The van der Waals surface area contributed by atoms with Crippen molar-refractivity contribution in [1.82, 2.24) is 4.90 Å². The largest absolute Gasteiger partial charge is 0.497 e. The number of nitrogens with zero attached hydrogens (tertiary/aromatic N) is 2. The molecule has 5 nitrogen and oxygen atoms in total. The molecule has 1 saturated heterocycles. The Morgan fingerprint density at radius 2 is 1.77 bits per heavy atom. The number of hydrogen-bond acceptors (Lipinski definition) is 3. The van der Waals surface area contributed by atoms with Gasteiger partial charge < -0.3 is 14.5 Å². The molecule has 1 atom stereocenters. The Balaban J connectivity index is 1.79. The molecule has 136 valence electrons. The van der Waals surface area contributed by atoms with Crippen LogP contribution in [0.3, 0.4) is 0 Å². The summed E-state index contributed by atoms with van der Waals surface area (Å²) < 4.78 is 5.13. The smallest absolute Gasteiger partial charge is 0.254 e. The number of ether oxygens (including phenoxy) is 1. The molecule has 2 aromatic rings. The second-order valence-electron chi connectivity index (χ2n) is 6.68. The van der Waals surface area contributed by atoms with Crippen LogP contribution in [0.2, 0.25) is 0 Å². The van der Waals surface area contributed by atoms with Gasteiger partial charge in [0.05, 0.1) is 7.11 Å². The van der Waals surface area contributed by atoms with Gasteiger partial charge in [0.15, 0.2) is 0 Å². The van der Waals surface area contributed by atoms with Gasteiger partial charge in [0.2, 0.25) is 5.91 Å². The third kappa shape index (κ3) is 3.29. The standard InChI is InChI=1S/C21H24N2O3/c1-14-5-10-19(15(2)13-14)23-12-11-22(16(3)20(23)24)21(25)17-6-8-18(26-4)9-7-17/h5-10,13,16H,11-12H2,1-4H3/t16-/m0/s1. The van der Waals surface area contributed by atoms with Crippen molar-refractivity contribution in [3.05, 3.63) is 59.2 Å². The van der Waals surface area contributed by atoms with Crippen LogP contribution in [0.4, 0.5) is 5.69 Å². The highest BCUT2D eigenvalue weighted by molar-refractivity contribution is 6.03. The number of rotatable bonds is 3. The van der Waals surface area contributed by atoms with Gasteiger partial charge in [-0.3, -0.25) is 9.59 Å². The third-order valence-electron chi connectivity index (χ3n) is 4.90. The fraction of sp³-hybridized carbons (Fsp3) is 0.333. The molecule has 0 aromatic heterocycles. The van der Waals surface area contributed by atoms with E-state index in [2.05, 4.69) is 6.07 Å². The second kappa shape index (κ2) is 7.20. The number of piperazine rings is 1. The Morgan fingerprint density at radius 3 is 2.38 bits per heavy atom. The molecule has 0 bridgehead atoms. The average Bonchev–Trinajstić information content (AvgIpc) is 2.64. The lowest BCUT2D eigenvalue weighted by atomic mass is 10.1. The second-order valence-corrected chi connectivity index (χ2v) is 6.68. The van der Waals surface area contributed by atoms with Crippen LogP contribution in [0.5, 0.6) is 5.75 Å². The molecule has 0 saturated carbocycles. The summed E-state index contributed by atoms with van der Waals surface area (Å²) in [7, 11) is 1.59. The zero-order valence-electron chi connectivity index (χ0n) is 15.7. The molecule has 3 rings (SSSR count). The summed E-state index contributed by atoms with van der Waals surface area (Å²) in [5, 5.41) is 0. The Labute approximate surface area is 154 Å². The van der Waals surface area contributed by atoms with E-state index < -0.39 is 6.04 Å². The molecular weight excluding hydrogens is 328 g/mol. The summed E-state index contributed by atoms with van der Waals surface area (Å²) in [6.07, 6.45) is 0. The first-order valence-electron chi connectivity index (χ1n) is 8.76. The quantitative estimate of drug-likeness (QED) is 0.852. The maximum atomic E-state index is 12.9. The van der Waals surface area contributed by atoms with Crippen molar-refractivity contribution in [1.29, 1.82) is 0 Å². The van der Waals surface area contributed by atoms with Gasteiger partial charge in [0, 0.05) is 24.3 Å². The summed E-state index contributed by atoms with van der Waals surface area (Å²) >= 11 is 0. The van der Waals surface area contributed by atoms with Crippen molar-refractivity contribution in [3.63, 3.8) is 0 Å². The molecule has 1 aliphatic rings. The summed E-state index contributed by atoms with van der Waals surface area (Å²) in [4.78, 5) is 29.2. The van der Waals surface area contributed by atoms with Gasteiger partial charge in [-0.05, 0) is 56.7 Å². The van der Waals surface area contributed by atoms with Crippen LogP contribution in [-0.4, -0.2) is 43.0 Å². The minimum Gasteiger partial charge on any atom is -0.497 e. The topological polar surface area (TPSA) is 49.9 Å². The predicted octanol–water partition coefficient (Wildman–Crippen LogP) is 3.19. The molecule has 1 fully saturated rings. The Hall–Kier alpha value is -2.82. The molecule has 0 N–H and O–H groups in total. The highest BCUT2D eigenvalue weighted by Gasteiger charge is 2.35. The molecule has 1 heterocycles. The summed E-state index contributed by atoms with van der Waals surface area (Å²) in [5.74, 6) is 0.518. The van der Waals surface area contributed by atoms with Crippen molar-refractivity contribution in [2.45, 2.75) is 26.8 Å². The lowest BCUT2D eigenvalue weighted by molar-refractivity contribution is -0.124. The fourth-order valence-corrected chi connectivity index (χ4v) is 3.39. The first kappa shape index (κ1) is 18.0. The van der Waals surface area contributed by atoms with Gasteiger partial charge in [0.25, 0.3) is 5.91 Å². The van der Waals surface area contributed by atoms with Crippen molar-refractivity contribution in [3.8, 4) is 5.75 Å². The van der Waals surface area contributed by atoms with E-state index in [0.717, 1.165) is 11.3 Å². The Morgan fingerprint density at radius 1 is 1.08 bits per heavy atom. The normalized spacial score (nSPS) is 17.4. The van der Waals surface area contributed by atoms with Crippen LogP contribution < -0.4 is 9.64 Å². The lowest BCUT2D eigenvalue weighted by Crippen LogP contribution is -2.57. The number of hydrogen-bond donors (Lipinski definition) is 0. The zero-order chi connectivity index (χ0) is 18.8. The maximum absolute atomic E-state index is 12.9. The molecule has 26 heavy (non-hydrogen) atoms. The van der Waals surface area contributed by atoms with Gasteiger partial charge >= 0.3 is 0 Å².